The zero-order valence-electron chi connectivity index (χ0n) is 40.6. The smallest absolute Gasteiger partial charge is 0.437 e. The lowest BCUT2D eigenvalue weighted by atomic mass is 10.1. The number of aryl methyl sites for hydroxylation is 1. The summed E-state index contributed by atoms with van der Waals surface area (Å²) in [6.07, 6.45) is 2.98. The highest BCUT2D eigenvalue weighted by Crippen LogP contribution is 2.21. The maximum atomic E-state index is 12.4. The van der Waals surface area contributed by atoms with Crippen molar-refractivity contribution in [2.75, 3.05) is 23.7 Å². The zero-order valence-corrected chi connectivity index (χ0v) is 40.6. The van der Waals surface area contributed by atoms with Crippen LogP contribution in [0.5, 0.6) is 0 Å². The van der Waals surface area contributed by atoms with E-state index < -0.39 is 46.8 Å². The first-order valence-corrected chi connectivity index (χ1v) is 21.4. The Bertz CT molecular complexity index is 2250. The lowest BCUT2D eigenvalue weighted by Gasteiger charge is -2.30. The molecule has 0 fully saturated rings. The minimum absolute atomic E-state index is 0.0421. The molecule has 0 saturated carbocycles. The van der Waals surface area contributed by atoms with Gasteiger partial charge in [-0.25, -0.2) is 29.2 Å². The van der Waals surface area contributed by atoms with Crippen molar-refractivity contribution in [1.29, 1.82) is 0 Å². The van der Waals surface area contributed by atoms with Crippen LogP contribution in [0, 0.1) is 6.92 Å². The van der Waals surface area contributed by atoms with Crippen molar-refractivity contribution >= 4 is 65.7 Å². The number of benzene rings is 2. The number of aromatic nitrogens is 2. The molecule has 67 heavy (non-hydrogen) atoms. The molecule has 0 radical (unpaired) electrons. The number of anilines is 2. The van der Waals surface area contributed by atoms with Gasteiger partial charge in [0.2, 0.25) is 18.3 Å². The minimum atomic E-state index is -0.817. The third kappa shape index (κ3) is 21.9. The number of ether oxygens (including phenoxy) is 4. The third-order valence-corrected chi connectivity index (χ3v) is 8.08. The average Bonchev–Trinajstić information content (AvgIpc) is 3.18. The van der Waals surface area contributed by atoms with Gasteiger partial charge in [-0.15, -0.1) is 4.99 Å². The maximum absolute atomic E-state index is 12.4. The van der Waals surface area contributed by atoms with Gasteiger partial charge < -0.3 is 34.5 Å². The number of guanidine groups is 2. The second-order valence-electron chi connectivity index (χ2n) is 19.0. The normalized spacial score (nSPS) is 12.9. The van der Waals surface area contributed by atoms with Gasteiger partial charge in [-0.3, -0.25) is 30.5 Å². The first kappa shape index (κ1) is 54.0. The molecular weight excluding hydrogens is 865 g/mol. The minimum Gasteiger partial charge on any atom is -0.444 e. The first-order chi connectivity index (χ1) is 31.1. The fourth-order valence-electron chi connectivity index (χ4n) is 5.35. The Morgan fingerprint density at radius 1 is 0.701 bits per heavy atom. The third-order valence-electron chi connectivity index (χ3n) is 8.08. The lowest BCUT2D eigenvalue weighted by molar-refractivity contribution is -0.105. The topological polar surface area (TPSA) is 253 Å². The van der Waals surface area contributed by atoms with Crippen LogP contribution in [-0.2, 0) is 30.3 Å². The van der Waals surface area contributed by atoms with E-state index >= 15 is 0 Å². The van der Waals surface area contributed by atoms with Crippen molar-refractivity contribution in [2.24, 2.45) is 9.98 Å². The summed E-state index contributed by atoms with van der Waals surface area (Å²) >= 11 is 0. The summed E-state index contributed by atoms with van der Waals surface area (Å²) in [4.78, 5) is 90.2. The highest BCUT2D eigenvalue weighted by molar-refractivity contribution is 6.04. The van der Waals surface area contributed by atoms with Gasteiger partial charge in [-0.2, -0.15) is 0 Å². The van der Waals surface area contributed by atoms with Crippen molar-refractivity contribution in [2.45, 2.75) is 125 Å². The van der Waals surface area contributed by atoms with Crippen molar-refractivity contribution in [3.8, 4) is 0 Å². The number of amides is 6. The number of aliphatic imine (C=N–C) groups is 2. The summed E-state index contributed by atoms with van der Waals surface area (Å²) in [6.45, 7) is 23.7. The molecule has 5 N–H and O–H groups in total. The Balaban J connectivity index is 0.000000357. The van der Waals surface area contributed by atoms with Crippen LogP contribution in [0.2, 0.25) is 0 Å². The lowest BCUT2D eigenvalue weighted by Crippen LogP contribution is -2.48. The van der Waals surface area contributed by atoms with E-state index in [1.54, 1.807) is 131 Å². The predicted molar refractivity (Wildman–Crippen MR) is 254 cm³/mol. The summed E-state index contributed by atoms with van der Waals surface area (Å²) in [5.74, 6) is 0.0852. The van der Waals surface area contributed by atoms with E-state index in [9.17, 15) is 28.8 Å². The fraction of sp³-hybridized carbons (Fsp3) is 0.447. The van der Waals surface area contributed by atoms with E-state index in [1.165, 1.54) is 6.20 Å². The predicted octanol–water partition coefficient (Wildman–Crippen LogP) is 8.10. The van der Waals surface area contributed by atoms with Gasteiger partial charge in [-0.05, 0) is 132 Å². The molecule has 0 saturated heterocycles. The number of nitrogens with zero attached hydrogens (tertiary/aromatic N) is 5. The van der Waals surface area contributed by atoms with Crippen LogP contribution in [0.1, 0.15) is 117 Å². The molecule has 20 heteroatoms. The molecule has 0 spiro atoms. The molecule has 1 aliphatic heterocycles. The second kappa shape index (κ2) is 23.7. The van der Waals surface area contributed by atoms with Crippen molar-refractivity contribution in [1.82, 2.24) is 30.8 Å². The molecule has 1 aromatic heterocycles. The van der Waals surface area contributed by atoms with Crippen LogP contribution >= 0.6 is 0 Å². The highest BCUT2D eigenvalue weighted by atomic mass is 16.6. The van der Waals surface area contributed by atoms with E-state index in [0.717, 1.165) is 16.7 Å². The van der Waals surface area contributed by atoms with Crippen molar-refractivity contribution < 1.29 is 47.7 Å². The number of hydrogen-bond acceptors (Lipinski definition) is 13. The van der Waals surface area contributed by atoms with Crippen LogP contribution in [0.15, 0.2) is 77.0 Å². The van der Waals surface area contributed by atoms with E-state index in [0.29, 0.717) is 48.7 Å². The van der Waals surface area contributed by atoms with Gasteiger partial charge >= 0.3 is 24.4 Å². The molecule has 0 bridgehead atoms. The van der Waals surface area contributed by atoms with Crippen LogP contribution in [-0.4, -0.2) is 99.0 Å². The molecule has 4 rings (SSSR count). The summed E-state index contributed by atoms with van der Waals surface area (Å²) in [5, 5.41) is 12.7. The van der Waals surface area contributed by atoms with E-state index in [4.69, 9.17) is 18.9 Å². The van der Waals surface area contributed by atoms with Crippen LogP contribution in [0.25, 0.3) is 5.57 Å². The quantitative estimate of drug-likeness (QED) is 0.0651. The summed E-state index contributed by atoms with van der Waals surface area (Å²) < 4.78 is 21.0. The monoisotopic (exact) mass is 928 g/mol. The van der Waals surface area contributed by atoms with Crippen molar-refractivity contribution in [3.05, 3.63) is 89.4 Å². The average molecular weight is 929 g/mol. The van der Waals surface area contributed by atoms with Gasteiger partial charge in [0.25, 0.3) is 5.91 Å². The van der Waals surface area contributed by atoms with Gasteiger partial charge in [-0.1, -0.05) is 35.9 Å². The number of nitrogens with one attached hydrogen (secondary N) is 5. The summed E-state index contributed by atoms with van der Waals surface area (Å²) in [7, 11) is 0. The van der Waals surface area contributed by atoms with Crippen LogP contribution < -0.4 is 26.6 Å². The molecule has 2 aromatic carbocycles. The molecule has 1 aliphatic rings. The Kier molecular flexibility index (Phi) is 19.1. The number of rotatable bonds is 7. The van der Waals surface area contributed by atoms with E-state index in [2.05, 4.69) is 46.5 Å². The SMILES string of the molecule is CC(C)(C)OC(=O)/N=C(/NC(=O)OC(C)(C)C)N1CC=C(c2cnc(NC=O)cn2)CC1.Cc1ccc(C(=O)Nc2ccc(CN=C(NC(=O)OC(C)(C)C)NC(=O)OC(C)(C)C)cc2)cc1. The van der Waals surface area contributed by atoms with Crippen LogP contribution in [0.4, 0.5) is 30.7 Å². The van der Waals surface area contributed by atoms with Crippen molar-refractivity contribution in [3.63, 3.8) is 0 Å². The van der Waals surface area contributed by atoms with Crippen LogP contribution in [0.3, 0.4) is 0 Å². The maximum Gasteiger partial charge on any atom is 0.437 e. The van der Waals surface area contributed by atoms with Gasteiger partial charge in [0.1, 0.15) is 22.4 Å². The summed E-state index contributed by atoms with van der Waals surface area (Å²) in [5.41, 5.74) is 1.79. The number of carbonyl (C=O) groups excluding carboxylic acids is 6. The number of carbonyl (C=O) groups is 6. The largest absolute Gasteiger partial charge is 0.444 e. The van der Waals surface area contributed by atoms with E-state index in [-0.39, 0.29) is 24.4 Å². The second-order valence-corrected chi connectivity index (χ2v) is 19.0. The Morgan fingerprint density at radius 3 is 1.70 bits per heavy atom. The standard InChI is InChI=1S/C26H34N4O5.C21H30N6O5/c1-17-8-12-19(13-9-17)21(31)28-20-14-10-18(11-15-20)16-27-22(29-23(32)34-25(2,3)4)30-24(33)35-26(5,6)7;1-20(2,3)31-18(29)25-17(26-19(30)32-21(4,5)6)27-9-7-14(8-10-27)15-11-23-16(12-22-15)24-13-28/h8-15H,16H2,1-7H3,(H,28,31)(H2,27,29,30,32,33);7,11-13H,8-10H2,1-6H3,(H,23,24,28)(H,25,26,29,30). The molecule has 2 heterocycles. The first-order valence-electron chi connectivity index (χ1n) is 21.4. The van der Waals surface area contributed by atoms with Gasteiger partial charge in [0, 0.05) is 24.3 Å². The Labute approximate surface area is 391 Å². The molecular formula is C47H64N10O10. The molecule has 362 valence electrons. The molecule has 0 unspecified atom stereocenters. The molecule has 0 atom stereocenters. The zero-order chi connectivity index (χ0) is 50.2. The highest BCUT2D eigenvalue weighted by Gasteiger charge is 2.26. The van der Waals surface area contributed by atoms with E-state index in [1.807, 2.05) is 25.1 Å². The summed E-state index contributed by atoms with van der Waals surface area (Å²) in [6, 6.07) is 14.4. The number of hydrogen-bond donors (Lipinski definition) is 5. The molecule has 0 aliphatic carbocycles. The molecule has 6 amide bonds. The molecule has 3 aromatic rings. The molecule has 20 nitrogen and oxygen atoms in total. The Morgan fingerprint density at radius 2 is 1.24 bits per heavy atom. The Hall–Kier alpha value is -7.38. The fourth-order valence-corrected chi connectivity index (χ4v) is 5.35. The van der Waals surface area contributed by atoms with Gasteiger partial charge in [0.15, 0.2) is 5.82 Å². The van der Waals surface area contributed by atoms with Gasteiger partial charge in [0.05, 0.1) is 24.6 Å². The number of alkyl carbamates (subject to hydrolysis) is 3.